The summed E-state index contributed by atoms with van der Waals surface area (Å²) in [6, 6.07) is 7.72. The van der Waals surface area contributed by atoms with Crippen molar-refractivity contribution >= 4 is 45.1 Å². The van der Waals surface area contributed by atoms with E-state index in [-0.39, 0.29) is 11.7 Å². The van der Waals surface area contributed by atoms with Crippen LogP contribution in [0, 0.1) is 17.2 Å². The molecule has 2 aromatic rings. The lowest BCUT2D eigenvalue weighted by molar-refractivity contribution is 0.282. The molecule has 0 spiro atoms. The Balaban J connectivity index is 2.06. The average molecular weight is 548 g/mol. The van der Waals surface area contributed by atoms with Crippen LogP contribution in [0.5, 0.6) is 11.5 Å². The number of aliphatic imine (C=N–C) groups is 1. The van der Waals surface area contributed by atoms with Crippen LogP contribution in [0.2, 0.25) is 0 Å². The molecule has 0 atom stereocenters. The second-order valence-corrected chi connectivity index (χ2v) is 11.2. The van der Waals surface area contributed by atoms with Gasteiger partial charge in [-0.25, -0.2) is 4.99 Å². The molecule has 5 N–H and O–H groups in total. The SMILES string of the molecule is CC(C)CCCOc1c(Br)c(Sc2ccccc2N)c(OCCCC(C)C)c2c1C(=N)N=C2N. The molecule has 3 rings (SSSR count). The first-order valence-electron chi connectivity index (χ1n) is 11.8. The topological polar surface area (TPSA) is 107 Å². The molecule has 0 aliphatic carbocycles. The van der Waals surface area contributed by atoms with Gasteiger partial charge in [-0.1, -0.05) is 51.6 Å². The first-order chi connectivity index (χ1) is 16.2. The third kappa shape index (κ3) is 6.27. The number of ether oxygens (including phenoxy) is 2. The predicted molar refractivity (Wildman–Crippen MR) is 146 cm³/mol. The van der Waals surface area contributed by atoms with Crippen LogP contribution >= 0.6 is 27.7 Å². The van der Waals surface area contributed by atoms with Crippen molar-refractivity contribution in [3.63, 3.8) is 0 Å². The van der Waals surface area contributed by atoms with E-state index in [0.29, 0.717) is 53.4 Å². The number of rotatable bonds is 12. The maximum absolute atomic E-state index is 8.49. The van der Waals surface area contributed by atoms with Crippen LogP contribution in [0.3, 0.4) is 0 Å². The fraction of sp³-hybridized carbons (Fsp3) is 0.462. The van der Waals surface area contributed by atoms with Gasteiger partial charge >= 0.3 is 0 Å². The van der Waals surface area contributed by atoms with E-state index in [2.05, 4.69) is 48.6 Å². The van der Waals surface area contributed by atoms with Crippen molar-refractivity contribution in [1.82, 2.24) is 0 Å². The molecule has 34 heavy (non-hydrogen) atoms. The molecule has 0 bridgehead atoms. The lowest BCUT2D eigenvalue weighted by Crippen LogP contribution is -2.15. The molecule has 2 aromatic carbocycles. The summed E-state index contributed by atoms with van der Waals surface area (Å²) >= 11 is 5.27. The summed E-state index contributed by atoms with van der Waals surface area (Å²) in [6.45, 7) is 9.88. The second-order valence-electron chi connectivity index (χ2n) is 9.31. The van der Waals surface area contributed by atoms with Crippen LogP contribution in [0.25, 0.3) is 0 Å². The number of nitrogens with zero attached hydrogens (tertiary/aromatic N) is 1. The summed E-state index contributed by atoms with van der Waals surface area (Å²) in [4.78, 5) is 5.99. The van der Waals surface area contributed by atoms with Crippen LogP contribution in [-0.2, 0) is 0 Å². The highest BCUT2D eigenvalue weighted by molar-refractivity contribution is 9.10. The molecule has 1 aliphatic rings. The lowest BCUT2D eigenvalue weighted by Gasteiger charge is -2.21. The number of nitrogens with one attached hydrogen (secondary N) is 1. The molecule has 184 valence electrons. The van der Waals surface area contributed by atoms with Gasteiger partial charge in [0.05, 0.1) is 33.7 Å². The number of para-hydroxylation sites is 1. The zero-order valence-corrected chi connectivity index (χ0v) is 22.8. The Morgan fingerprint density at radius 3 is 2.12 bits per heavy atom. The molecule has 0 unspecified atom stereocenters. The van der Waals surface area contributed by atoms with Crippen LogP contribution in [-0.4, -0.2) is 24.9 Å². The van der Waals surface area contributed by atoms with Crippen molar-refractivity contribution in [2.24, 2.45) is 22.6 Å². The molecule has 0 saturated heterocycles. The number of halogens is 1. The van der Waals surface area contributed by atoms with Gasteiger partial charge in [-0.3, -0.25) is 5.41 Å². The fourth-order valence-corrected chi connectivity index (χ4v) is 5.46. The maximum Gasteiger partial charge on any atom is 0.158 e. The number of nitrogen functional groups attached to an aromatic ring is 1. The van der Waals surface area contributed by atoms with Gasteiger partial charge in [-0.15, -0.1) is 0 Å². The molecule has 0 amide bonds. The summed E-state index contributed by atoms with van der Waals surface area (Å²) in [6.07, 6.45) is 3.97. The number of nitrogens with two attached hydrogens (primary N) is 2. The first kappa shape index (κ1) is 26.4. The molecule has 0 aromatic heterocycles. The number of benzene rings is 2. The van der Waals surface area contributed by atoms with Crippen molar-refractivity contribution in [3.05, 3.63) is 39.9 Å². The summed E-state index contributed by atoms with van der Waals surface area (Å²) in [5.41, 5.74) is 14.5. The minimum atomic E-state index is 0.0925. The third-order valence-electron chi connectivity index (χ3n) is 5.51. The zero-order chi connectivity index (χ0) is 24.8. The summed E-state index contributed by atoms with van der Waals surface area (Å²) in [7, 11) is 0. The molecule has 0 radical (unpaired) electrons. The second kappa shape index (κ2) is 12.0. The quantitative estimate of drug-likeness (QED) is 0.199. The van der Waals surface area contributed by atoms with Gasteiger partial charge in [-0.05, 0) is 65.6 Å². The van der Waals surface area contributed by atoms with Gasteiger partial charge in [0.15, 0.2) is 5.84 Å². The molecule has 1 aliphatic heterocycles. The lowest BCUT2D eigenvalue weighted by atomic mass is 10.0. The van der Waals surface area contributed by atoms with E-state index in [0.717, 1.165) is 39.9 Å². The minimum Gasteiger partial charge on any atom is -0.492 e. The minimum absolute atomic E-state index is 0.0925. The number of hydrogen-bond donors (Lipinski definition) is 3. The molecule has 6 nitrogen and oxygen atoms in total. The average Bonchev–Trinajstić information content (AvgIpc) is 3.06. The van der Waals surface area contributed by atoms with Gasteiger partial charge in [-0.2, -0.15) is 0 Å². The van der Waals surface area contributed by atoms with Crippen LogP contribution < -0.4 is 20.9 Å². The molecular weight excluding hydrogens is 512 g/mol. The summed E-state index contributed by atoms with van der Waals surface area (Å²) in [5.74, 6) is 2.77. The number of fused-ring (bicyclic) bond motifs is 1. The van der Waals surface area contributed by atoms with Crippen LogP contribution in [0.4, 0.5) is 5.69 Å². The Kier molecular flexibility index (Phi) is 9.31. The van der Waals surface area contributed by atoms with E-state index < -0.39 is 0 Å². The number of anilines is 1. The van der Waals surface area contributed by atoms with Crippen LogP contribution in [0.15, 0.2) is 43.5 Å². The molecule has 0 saturated carbocycles. The van der Waals surface area contributed by atoms with Crippen molar-refractivity contribution in [3.8, 4) is 11.5 Å². The van der Waals surface area contributed by atoms with Gasteiger partial charge in [0, 0.05) is 10.6 Å². The largest absolute Gasteiger partial charge is 0.492 e. The zero-order valence-electron chi connectivity index (χ0n) is 20.4. The normalized spacial score (nSPS) is 12.9. The summed E-state index contributed by atoms with van der Waals surface area (Å²) < 4.78 is 13.3. The molecular formula is C26H35BrN4O2S. The van der Waals surface area contributed by atoms with Crippen molar-refractivity contribution in [1.29, 1.82) is 5.41 Å². The summed E-state index contributed by atoms with van der Waals surface area (Å²) in [5, 5.41) is 8.49. The standard InChI is InChI=1S/C26H35BrN4O2S/c1-15(2)9-7-13-32-22-19-20(26(30)31-25(19)29)23(33-14-8-10-16(3)4)24(21(22)27)34-18-12-6-5-11-17(18)28/h5-6,11-12,15-16H,7-10,13-14,28H2,1-4H3,(H3,29,30,31). The van der Waals surface area contributed by atoms with E-state index >= 15 is 0 Å². The Hall–Kier alpha value is -2.19. The first-order valence-corrected chi connectivity index (χ1v) is 13.4. The van der Waals surface area contributed by atoms with Gasteiger partial charge in [0.25, 0.3) is 0 Å². The van der Waals surface area contributed by atoms with E-state index in [1.807, 2.05) is 24.3 Å². The van der Waals surface area contributed by atoms with Gasteiger partial charge in [0.1, 0.15) is 17.3 Å². The fourth-order valence-electron chi connectivity index (χ4n) is 3.74. The highest BCUT2D eigenvalue weighted by Crippen LogP contribution is 2.51. The maximum atomic E-state index is 8.49. The van der Waals surface area contributed by atoms with E-state index in [9.17, 15) is 0 Å². The van der Waals surface area contributed by atoms with Crippen molar-refractivity contribution in [2.45, 2.75) is 63.2 Å². The van der Waals surface area contributed by atoms with Crippen molar-refractivity contribution < 1.29 is 9.47 Å². The predicted octanol–water partition coefficient (Wildman–Crippen LogP) is 6.86. The van der Waals surface area contributed by atoms with Crippen molar-refractivity contribution in [2.75, 3.05) is 18.9 Å². The number of hydrogen-bond acceptors (Lipinski definition) is 6. The van der Waals surface area contributed by atoms with E-state index in [4.69, 9.17) is 26.4 Å². The smallest absolute Gasteiger partial charge is 0.158 e. The Labute approximate surface area is 215 Å². The highest BCUT2D eigenvalue weighted by atomic mass is 79.9. The monoisotopic (exact) mass is 546 g/mol. The van der Waals surface area contributed by atoms with Gasteiger partial charge in [0.2, 0.25) is 0 Å². The molecule has 1 heterocycles. The van der Waals surface area contributed by atoms with Gasteiger partial charge < -0.3 is 20.9 Å². The van der Waals surface area contributed by atoms with E-state index in [1.54, 1.807) is 0 Å². The Morgan fingerprint density at radius 2 is 1.53 bits per heavy atom. The molecule has 8 heteroatoms. The Morgan fingerprint density at radius 1 is 0.941 bits per heavy atom. The Bertz CT molecular complexity index is 1070. The molecule has 0 fully saturated rings. The van der Waals surface area contributed by atoms with Crippen LogP contribution in [0.1, 0.15) is 64.5 Å². The number of amidine groups is 2. The third-order valence-corrected chi connectivity index (χ3v) is 7.71. The van der Waals surface area contributed by atoms with E-state index in [1.165, 1.54) is 11.8 Å². The highest BCUT2D eigenvalue weighted by Gasteiger charge is 2.33.